The number of carbonyl (C=O) groups is 1. The molecule has 0 radical (unpaired) electrons. The number of carbonyl (C=O) groups excluding carboxylic acids is 1. The van der Waals surface area contributed by atoms with Gasteiger partial charge in [-0.3, -0.25) is 4.99 Å². The van der Waals surface area contributed by atoms with Gasteiger partial charge in [0.05, 0.1) is 24.0 Å². The Bertz CT molecular complexity index is 1270. The van der Waals surface area contributed by atoms with Gasteiger partial charge in [-0.2, -0.15) is 0 Å². The number of hydrogen-bond acceptors (Lipinski definition) is 8. The van der Waals surface area contributed by atoms with Crippen LogP contribution < -0.4 is 5.32 Å². The summed E-state index contributed by atoms with van der Waals surface area (Å²) in [5, 5.41) is 4.98. The fourth-order valence-corrected chi connectivity index (χ4v) is 5.84. The summed E-state index contributed by atoms with van der Waals surface area (Å²) in [5.41, 5.74) is 0.683. The third-order valence-corrected chi connectivity index (χ3v) is 8.27. The molecule has 1 unspecified atom stereocenters. The van der Waals surface area contributed by atoms with Crippen LogP contribution in [0.2, 0.25) is 5.02 Å². The lowest BCUT2D eigenvalue weighted by Gasteiger charge is -2.35. The minimum absolute atomic E-state index is 0.0996. The van der Waals surface area contributed by atoms with Crippen molar-refractivity contribution in [1.29, 1.82) is 0 Å². The van der Waals surface area contributed by atoms with Crippen LogP contribution in [0.1, 0.15) is 29.5 Å². The van der Waals surface area contributed by atoms with E-state index < -0.39 is 38.7 Å². The van der Waals surface area contributed by atoms with Crippen molar-refractivity contribution in [3.8, 4) is 0 Å². The van der Waals surface area contributed by atoms with E-state index in [-0.39, 0.29) is 30.1 Å². The highest BCUT2D eigenvalue weighted by Crippen LogP contribution is 2.40. The number of benzene rings is 1. The molecule has 1 fully saturated rings. The number of aliphatic imine (C=N–C) groups is 1. The van der Waals surface area contributed by atoms with Gasteiger partial charge >= 0.3 is 5.97 Å². The van der Waals surface area contributed by atoms with E-state index in [0.717, 1.165) is 12.3 Å². The van der Waals surface area contributed by atoms with E-state index >= 15 is 0 Å². The number of halogens is 3. The van der Waals surface area contributed by atoms with Gasteiger partial charge in [0.2, 0.25) is 10.0 Å². The first kappa shape index (κ1) is 24.7. The van der Waals surface area contributed by atoms with E-state index in [0.29, 0.717) is 29.4 Å². The van der Waals surface area contributed by atoms with Gasteiger partial charge in [0.25, 0.3) is 0 Å². The molecule has 4 rings (SSSR count). The number of amidine groups is 1. The second-order valence-electron chi connectivity index (χ2n) is 7.86. The number of ether oxygens (including phenoxy) is 1. The van der Waals surface area contributed by atoms with Gasteiger partial charge in [-0.1, -0.05) is 17.7 Å². The van der Waals surface area contributed by atoms with E-state index in [1.54, 1.807) is 11.6 Å². The molecule has 0 spiro atoms. The highest BCUT2D eigenvalue weighted by atomic mass is 35.5. The zero-order valence-electron chi connectivity index (χ0n) is 18.2. The molecular formula is C21H21ClF2N4O4S2. The Labute approximate surface area is 204 Å². The second-order valence-corrected chi connectivity index (χ2v) is 11.1. The van der Waals surface area contributed by atoms with Gasteiger partial charge in [0.1, 0.15) is 6.04 Å². The molecule has 1 aromatic heterocycles. The van der Waals surface area contributed by atoms with Crippen molar-refractivity contribution in [2.75, 3.05) is 26.5 Å². The molecule has 1 N–H and O–H groups in total. The van der Waals surface area contributed by atoms with Crippen molar-refractivity contribution >= 4 is 44.8 Å². The van der Waals surface area contributed by atoms with E-state index in [1.807, 2.05) is 0 Å². The fraction of sp³-hybridized carbons (Fsp3) is 0.381. The van der Waals surface area contributed by atoms with E-state index in [4.69, 9.17) is 16.3 Å². The van der Waals surface area contributed by atoms with Gasteiger partial charge < -0.3 is 10.1 Å². The van der Waals surface area contributed by atoms with Crippen LogP contribution in [-0.4, -0.2) is 56.0 Å². The van der Waals surface area contributed by atoms with Crippen LogP contribution in [0.15, 0.2) is 40.0 Å². The van der Waals surface area contributed by atoms with Crippen molar-refractivity contribution in [2.45, 2.75) is 18.9 Å². The molecule has 1 atom stereocenters. The fourth-order valence-electron chi connectivity index (χ4n) is 4.12. The van der Waals surface area contributed by atoms with Crippen LogP contribution in [-0.2, 0) is 19.6 Å². The Morgan fingerprint density at radius 2 is 2.00 bits per heavy atom. The highest BCUT2D eigenvalue weighted by Gasteiger charge is 2.38. The molecule has 34 heavy (non-hydrogen) atoms. The normalized spacial score (nSPS) is 20.1. The molecular weight excluding hydrogens is 510 g/mol. The Balaban J connectivity index is 1.84. The van der Waals surface area contributed by atoms with Crippen LogP contribution in [0.5, 0.6) is 0 Å². The summed E-state index contributed by atoms with van der Waals surface area (Å²) in [6, 6.07) is 1.13. The Morgan fingerprint density at radius 3 is 2.59 bits per heavy atom. The number of rotatable bonds is 5. The van der Waals surface area contributed by atoms with Gasteiger partial charge in [0.15, 0.2) is 22.5 Å². The molecule has 8 nitrogen and oxygen atoms in total. The van der Waals surface area contributed by atoms with E-state index in [9.17, 15) is 22.0 Å². The van der Waals surface area contributed by atoms with Crippen molar-refractivity contribution in [3.05, 3.63) is 62.2 Å². The molecule has 0 amide bonds. The summed E-state index contributed by atoms with van der Waals surface area (Å²) in [5.74, 6) is -2.97. The van der Waals surface area contributed by atoms with Crippen LogP contribution in [0.4, 0.5) is 8.78 Å². The second kappa shape index (κ2) is 9.68. The minimum Gasteiger partial charge on any atom is -0.466 e. The number of nitrogens with zero attached hydrogens (tertiary/aromatic N) is 3. The van der Waals surface area contributed by atoms with Gasteiger partial charge in [-0.05, 0) is 18.9 Å². The third-order valence-electron chi connectivity index (χ3n) is 5.81. The molecule has 182 valence electrons. The quantitative estimate of drug-likeness (QED) is 0.470. The molecule has 0 bridgehead atoms. The Hall–Kier alpha value is -2.41. The summed E-state index contributed by atoms with van der Waals surface area (Å²) in [6.45, 7) is 0.535. The molecule has 2 aromatic rings. The summed E-state index contributed by atoms with van der Waals surface area (Å²) in [7, 11) is -2.14. The highest BCUT2D eigenvalue weighted by molar-refractivity contribution is 7.88. The average Bonchev–Trinajstić information content (AvgIpc) is 3.36. The lowest BCUT2D eigenvalue weighted by atomic mass is 9.86. The minimum atomic E-state index is -3.35. The molecule has 0 saturated carbocycles. The van der Waals surface area contributed by atoms with Crippen molar-refractivity contribution < 1.29 is 26.7 Å². The number of methoxy groups -OCH3 is 1. The van der Waals surface area contributed by atoms with Crippen LogP contribution >= 0.6 is 22.9 Å². The van der Waals surface area contributed by atoms with E-state index in [2.05, 4.69) is 15.3 Å². The Morgan fingerprint density at radius 1 is 1.29 bits per heavy atom. The van der Waals surface area contributed by atoms with Gasteiger partial charge in [0, 0.05) is 41.8 Å². The maximum absolute atomic E-state index is 14.4. The van der Waals surface area contributed by atoms with E-state index in [1.165, 1.54) is 28.8 Å². The predicted octanol–water partition coefficient (Wildman–Crippen LogP) is 3.26. The maximum Gasteiger partial charge on any atom is 0.338 e. The summed E-state index contributed by atoms with van der Waals surface area (Å²) in [6.07, 6.45) is 3.60. The van der Waals surface area contributed by atoms with Crippen molar-refractivity contribution in [2.24, 2.45) is 10.9 Å². The smallest absolute Gasteiger partial charge is 0.338 e. The summed E-state index contributed by atoms with van der Waals surface area (Å²) < 4.78 is 58.4. The van der Waals surface area contributed by atoms with Gasteiger partial charge in [-0.15, -0.1) is 11.3 Å². The number of piperidine rings is 1. The average molecular weight is 531 g/mol. The first-order valence-electron chi connectivity index (χ1n) is 10.3. The molecule has 13 heteroatoms. The largest absolute Gasteiger partial charge is 0.466 e. The maximum atomic E-state index is 14.4. The molecule has 2 aliphatic heterocycles. The number of sulfonamides is 1. The topological polar surface area (TPSA) is 101 Å². The number of aromatic nitrogens is 1. The summed E-state index contributed by atoms with van der Waals surface area (Å²) in [4.78, 5) is 21.8. The summed E-state index contributed by atoms with van der Waals surface area (Å²) >= 11 is 7.46. The van der Waals surface area contributed by atoms with Crippen LogP contribution in [0, 0.1) is 17.6 Å². The zero-order chi connectivity index (χ0) is 24.6. The molecule has 0 aliphatic carbocycles. The number of hydrogen-bond donors (Lipinski definition) is 1. The Kier molecular flexibility index (Phi) is 7.04. The first-order valence-corrected chi connectivity index (χ1v) is 13.4. The number of thiazole rings is 1. The lowest BCUT2D eigenvalue weighted by molar-refractivity contribution is -0.136. The van der Waals surface area contributed by atoms with Crippen LogP contribution in [0.25, 0.3) is 0 Å². The SMILES string of the molecule is COC(=O)C1=C(C2CCN(S(C)(=O)=O)CC2)NC(c2nccs2)=NC1c1ccc(F)c(F)c1Cl. The molecule has 1 aromatic carbocycles. The number of nitrogens with one attached hydrogen (secondary N) is 1. The molecule has 2 aliphatic rings. The van der Waals surface area contributed by atoms with Crippen molar-refractivity contribution in [3.63, 3.8) is 0 Å². The van der Waals surface area contributed by atoms with Crippen molar-refractivity contribution in [1.82, 2.24) is 14.6 Å². The molecule has 3 heterocycles. The van der Waals surface area contributed by atoms with Crippen LogP contribution in [0.3, 0.4) is 0 Å². The van der Waals surface area contributed by atoms with Gasteiger partial charge in [-0.25, -0.2) is 31.3 Å². The number of allylic oxidation sites excluding steroid dienone is 1. The number of esters is 1. The monoisotopic (exact) mass is 530 g/mol. The standard InChI is InChI=1S/C21H21ClF2N4O4S2/c1-32-21(29)14-17(11-5-8-28(9-6-11)34(2,30)31)26-19(20-25-7-10-33-20)27-18(14)12-3-4-13(23)16(24)15(12)22/h3-4,7,10-11,18H,5-6,8-9H2,1-2H3,(H,26,27). The third kappa shape index (κ3) is 4.72. The molecule has 1 saturated heterocycles. The lowest BCUT2D eigenvalue weighted by Crippen LogP contribution is -2.43. The zero-order valence-corrected chi connectivity index (χ0v) is 20.6. The first-order chi connectivity index (χ1) is 16.1. The predicted molar refractivity (Wildman–Crippen MR) is 124 cm³/mol.